The zero-order valence-corrected chi connectivity index (χ0v) is 11.4. The van der Waals surface area contributed by atoms with Crippen LogP contribution in [0.5, 0.6) is 0 Å². The van der Waals surface area contributed by atoms with Gasteiger partial charge in [0.25, 0.3) is 0 Å². The van der Waals surface area contributed by atoms with Crippen LogP contribution in [0.1, 0.15) is 5.56 Å². The number of pyridine rings is 1. The zero-order chi connectivity index (χ0) is 13.3. The number of aliphatic hydroxyl groups is 1. The van der Waals surface area contributed by atoms with Crippen LogP contribution in [0.3, 0.4) is 0 Å². The van der Waals surface area contributed by atoms with E-state index < -0.39 is 0 Å². The van der Waals surface area contributed by atoms with Crippen molar-refractivity contribution in [3.05, 3.63) is 45.0 Å². The quantitative estimate of drug-likeness (QED) is 0.830. The number of hydrogen-bond acceptors (Lipinski definition) is 3. The van der Waals surface area contributed by atoms with Gasteiger partial charge in [-0.1, -0.05) is 34.8 Å². The second kappa shape index (κ2) is 5.33. The molecule has 0 atom stereocenters. The lowest BCUT2D eigenvalue weighted by Gasteiger charge is -2.12. The lowest BCUT2D eigenvalue weighted by atomic mass is 10.0. The predicted octanol–water partition coefficient (Wildman–Crippen LogP) is 3.78. The molecule has 0 spiro atoms. The Labute approximate surface area is 119 Å². The molecule has 0 aliphatic carbocycles. The Morgan fingerprint density at radius 2 is 1.78 bits per heavy atom. The first-order valence-electron chi connectivity index (χ1n) is 5.03. The van der Waals surface area contributed by atoms with Crippen LogP contribution >= 0.6 is 34.8 Å². The zero-order valence-electron chi connectivity index (χ0n) is 9.12. The van der Waals surface area contributed by atoms with Crippen LogP contribution in [0, 0.1) is 0 Å². The average molecular weight is 304 g/mol. The largest absolute Gasteiger partial charge is 0.392 e. The van der Waals surface area contributed by atoms with Crippen molar-refractivity contribution in [2.45, 2.75) is 6.61 Å². The van der Waals surface area contributed by atoms with E-state index in [1.165, 1.54) is 12.3 Å². The summed E-state index contributed by atoms with van der Waals surface area (Å²) in [4.78, 5) is 3.99. The fourth-order valence-electron chi connectivity index (χ4n) is 1.68. The molecule has 0 fully saturated rings. The summed E-state index contributed by atoms with van der Waals surface area (Å²) < 4.78 is 0. The van der Waals surface area contributed by atoms with Gasteiger partial charge in [0.05, 0.1) is 21.7 Å². The Morgan fingerprint density at radius 1 is 1.11 bits per heavy atom. The molecule has 1 aromatic carbocycles. The third kappa shape index (κ3) is 2.40. The molecule has 2 aromatic rings. The van der Waals surface area contributed by atoms with Crippen molar-refractivity contribution in [3.63, 3.8) is 0 Å². The molecule has 0 aliphatic rings. The van der Waals surface area contributed by atoms with Gasteiger partial charge in [0.1, 0.15) is 5.82 Å². The minimum atomic E-state index is -0.168. The Morgan fingerprint density at radius 3 is 2.44 bits per heavy atom. The van der Waals surface area contributed by atoms with Crippen molar-refractivity contribution in [1.29, 1.82) is 0 Å². The lowest BCUT2D eigenvalue weighted by molar-refractivity contribution is 0.282. The average Bonchev–Trinajstić information content (AvgIpc) is 2.34. The van der Waals surface area contributed by atoms with Gasteiger partial charge < -0.3 is 10.8 Å². The molecule has 0 saturated carbocycles. The van der Waals surface area contributed by atoms with E-state index in [-0.39, 0.29) is 12.4 Å². The molecule has 94 valence electrons. The first-order chi connectivity index (χ1) is 8.54. The topological polar surface area (TPSA) is 59.1 Å². The first-order valence-corrected chi connectivity index (χ1v) is 6.17. The second-order valence-corrected chi connectivity index (χ2v) is 4.86. The third-order valence-corrected chi connectivity index (χ3v) is 3.55. The highest BCUT2D eigenvalue weighted by atomic mass is 35.5. The van der Waals surface area contributed by atoms with E-state index in [0.717, 1.165) is 0 Å². The van der Waals surface area contributed by atoms with E-state index >= 15 is 0 Å². The molecule has 0 amide bonds. The summed E-state index contributed by atoms with van der Waals surface area (Å²) >= 11 is 18.0. The van der Waals surface area contributed by atoms with Gasteiger partial charge in [-0.25, -0.2) is 4.98 Å². The van der Waals surface area contributed by atoms with E-state index in [4.69, 9.17) is 40.5 Å². The highest BCUT2D eigenvalue weighted by Gasteiger charge is 2.14. The van der Waals surface area contributed by atoms with Gasteiger partial charge in [0, 0.05) is 17.3 Å². The van der Waals surface area contributed by atoms with Crippen molar-refractivity contribution in [3.8, 4) is 11.1 Å². The summed E-state index contributed by atoms with van der Waals surface area (Å²) in [6, 6.07) is 4.82. The van der Waals surface area contributed by atoms with Gasteiger partial charge in [0.15, 0.2) is 0 Å². The Bertz CT molecular complexity index is 602. The summed E-state index contributed by atoms with van der Waals surface area (Å²) in [6.45, 7) is -0.168. The molecule has 18 heavy (non-hydrogen) atoms. The van der Waals surface area contributed by atoms with Gasteiger partial charge in [0.2, 0.25) is 0 Å². The fraction of sp³-hybridized carbons (Fsp3) is 0.0833. The molecule has 1 aromatic heterocycles. The summed E-state index contributed by atoms with van der Waals surface area (Å²) in [7, 11) is 0. The van der Waals surface area contributed by atoms with Crippen LogP contribution in [-0.2, 0) is 6.61 Å². The van der Waals surface area contributed by atoms with Crippen LogP contribution in [-0.4, -0.2) is 10.1 Å². The number of aliphatic hydroxyl groups excluding tert-OH is 1. The molecule has 0 bridgehead atoms. The Kier molecular flexibility index (Phi) is 3.97. The Balaban J connectivity index is 2.73. The van der Waals surface area contributed by atoms with Crippen molar-refractivity contribution in [1.82, 2.24) is 4.98 Å². The van der Waals surface area contributed by atoms with Crippen LogP contribution in [0.4, 0.5) is 5.82 Å². The van der Waals surface area contributed by atoms with Crippen LogP contribution in [0.25, 0.3) is 11.1 Å². The number of rotatable bonds is 2. The number of aromatic nitrogens is 1. The molecule has 3 nitrogen and oxygen atoms in total. The number of nitrogens with zero attached hydrogens (tertiary/aromatic N) is 1. The van der Waals surface area contributed by atoms with E-state index in [1.54, 1.807) is 12.1 Å². The predicted molar refractivity (Wildman–Crippen MR) is 75.0 cm³/mol. The lowest BCUT2D eigenvalue weighted by Crippen LogP contribution is -1.99. The number of hydrogen-bond donors (Lipinski definition) is 2. The van der Waals surface area contributed by atoms with Gasteiger partial charge in [-0.2, -0.15) is 0 Å². The number of nitrogen functional groups attached to an aromatic ring is 1. The minimum Gasteiger partial charge on any atom is -0.392 e. The fourth-order valence-corrected chi connectivity index (χ4v) is 2.32. The van der Waals surface area contributed by atoms with Crippen molar-refractivity contribution in [2.75, 3.05) is 5.73 Å². The van der Waals surface area contributed by atoms with Crippen LogP contribution < -0.4 is 5.73 Å². The van der Waals surface area contributed by atoms with E-state index in [0.29, 0.717) is 31.8 Å². The molecule has 0 radical (unpaired) electrons. The maximum Gasteiger partial charge on any atom is 0.131 e. The SMILES string of the molecule is Nc1nccc(CO)c1-c1cc(Cl)c(Cl)cc1Cl. The standard InChI is InChI=1S/C12H9Cl3N2O/c13-8-4-10(15)9(14)3-7(8)11-6(5-18)1-2-17-12(11)16/h1-4,18H,5H2,(H2,16,17). The Hall–Kier alpha value is -1.000. The van der Waals surface area contributed by atoms with E-state index in [1.807, 2.05) is 0 Å². The van der Waals surface area contributed by atoms with Crippen molar-refractivity contribution >= 4 is 40.6 Å². The minimum absolute atomic E-state index is 0.168. The highest BCUT2D eigenvalue weighted by molar-refractivity contribution is 6.44. The van der Waals surface area contributed by atoms with Gasteiger partial charge in [-0.15, -0.1) is 0 Å². The third-order valence-electron chi connectivity index (χ3n) is 2.52. The smallest absolute Gasteiger partial charge is 0.131 e. The second-order valence-electron chi connectivity index (χ2n) is 3.63. The number of halogens is 3. The van der Waals surface area contributed by atoms with Crippen molar-refractivity contribution < 1.29 is 5.11 Å². The molecule has 0 aliphatic heterocycles. The maximum atomic E-state index is 9.33. The molecule has 6 heteroatoms. The molecule has 1 heterocycles. The first kappa shape index (κ1) is 13.4. The summed E-state index contributed by atoms with van der Waals surface area (Å²) in [5.41, 5.74) is 7.63. The van der Waals surface area contributed by atoms with E-state index in [2.05, 4.69) is 4.98 Å². The normalized spacial score (nSPS) is 10.7. The van der Waals surface area contributed by atoms with Gasteiger partial charge in [-0.3, -0.25) is 0 Å². The molecule has 2 rings (SSSR count). The van der Waals surface area contributed by atoms with E-state index in [9.17, 15) is 5.11 Å². The molecular formula is C12H9Cl3N2O. The molecule has 0 saturated heterocycles. The number of anilines is 1. The van der Waals surface area contributed by atoms with Gasteiger partial charge >= 0.3 is 0 Å². The van der Waals surface area contributed by atoms with Gasteiger partial charge in [-0.05, 0) is 23.8 Å². The number of benzene rings is 1. The summed E-state index contributed by atoms with van der Waals surface area (Å²) in [6.07, 6.45) is 1.52. The summed E-state index contributed by atoms with van der Waals surface area (Å²) in [5, 5.41) is 10.5. The summed E-state index contributed by atoms with van der Waals surface area (Å²) in [5.74, 6) is 0.279. The number of nitrogens with two attached hydrogens (primary N) is 1. The molecule has 3 N–H and O–H groups in total. The van der Waals surface area contributed by atoms with Crippen LogP contribution in [0.15, 0.2) is 24.4 Å². The maximum absolute atomic E-state index is 9.33. The van der Waals surface area contributed by atoms with Crippen LogP contribution in [0.2, 0.25) is 15.1 Å². The van der Waals surface area contributed by atoms with Crippen molar-refractivity contribution in [2.24, 2.45) is 0 Å². The molecule has 0 unspecified atom stereocenters. The highest BCUT2D eigenvalue weighted by Crippen LogP contribution is 2.38. The molecular weight excluding hydrogens is 295 g/mol. The monoisotopic (exact) mass is 302 g/mol.